The Bertz CT molecular complexity index is 228. The van der Waals surface area contributed by atoms with Crippen LogP contribution in [-0.2, 0) is 0 Å². The fraction of sp³-hybridized carbons (Fsp3) is 0.222. The standard InChI is InChI=1S/C9H10Br/c1-6-4-9(10)5-7(2)8(6)3/h4-5H,3H2,1-2H3. The molecule has 0 spiro atoms. The first-order chi connectivity index (χ1) is 4.61. The van der Waals surface area contributed by atoms with Crippen LogP contribution >= 0.6 is 15.9 Å². The molecule has 1 aromatic rings. The van der Waals surface area contributed by atoms with Gasteiger partial charge in [-0.2, -0.15) is 0 Å². The van der Waals surface area contributed by atoms with Crippen molar-refractivity contribution in [2.24, 2.45) is 0 Å². The van der Waals surface area contributed by atoms with E-state index >= 15 is 0 Å². The fourth-order valence-electron chi connectivity index (χ4n) is 0.941. The van der Waals surface area contributed by atoms with Crippen molar-refractivity contribution in [2.75, 3.05) is 0 Å². The van der Waals surface area contributed by atoms with Crippen LogP contribution in [0.4, 0.5) is 0 Å². The van der Waals surface area contributed by atoms with Crippen molar-refractivity contribution in [3.8, 4) is 0 Å². The lowest BCUT2D eigenvalue weighted by Crippen LogP contribution is -1.84. The lowest BCUT2D eigenvalue weighted by molar-refractivity contribution is 1.32. The van der Waals surface area contributed by atoms with E-state index in [9.17, 15) is 0 Å². The smallest absolute Gasteiger partial charge is 0.0180 e. The highest BCUT2D eigenvalue weighted by molar-refractivity contribution is 9.10. The zero-order valence-corrected chi connectivity index (χ0v) is 7.83. The van der Waals surface area contributed by atoms with Crippen molar-refractivity contribution in [2.45, 2.75) is 13.8 Å². The van der Waals surface area contributed by atoms with Gasteiger partial charge in [-0.25, -0.2) is 0 Å². The second kappa shape index (κ2) is 2.75. The van der Waals surface area contributed by atoms with Crippen molar-refractivity contribution in [1.29, 1.82) is 0 Å². The third-order valence-electron chi connectivity index (χ3n) is 1.66. The van der Waals surface area contributed by atoms with Crippen LogP contribution in [0, 0.1) is 20.8 Å². The minimum atomic E-state index is 1.13. The van der Waals surface area contributed by atoms with Crippen molar-refractivity contribution in [1.82, 2.24) is 0 Å². The zero-order chi connectivity index (χ0) is 7.72. The van der Waals surface area contributed by atoms with Crippen LogP contribution in [-0.4, -0.2) is 0 Å². The molecule has 0 aliphatic rings. The molecule has 0 heterocycles. The third kappa shape index (κ3) is 1.40. The summed E-state index contributed by atoms with van der Waals surface area (Å²) in [6, 6.07) is 4.16. The summed E-state index contributed by atoms with van der Waals surface area (Å²) in [5.41, 5.74) is 3.63. The molecule has 1 radical (unpaired) electrons. The van der Waals surface area contributed by atoms with Gasteiger partial charge in [0, 0.05) is 4.47 Å². The molecule has 1 rings (SSSR count). The molecule has 0 nitrogen and oxygen atoms in total. The maximum absolute atomic E-state index is 3.94. The second-order valence-electron chi connectivity index (χ2n) is 2.52. The molecular weight excluding hydrogens is 188 g/mol. The lowest BCUT2D eigenvalue weighted by Gasteiger charge is -2.03. The van der Waals surface area contributed by atoms with E-state index in [1.54, 1.807) is 0 Å². The Morgan fingerprint density at radius 1 is 1.20 bits per heavy atom. The van der Waals surface area contributed by atoms with Gasteiger partial charge in [0.2, 0.25) is 0 Å². The molecule has 1 heteroatoms. The van der Waals surface area contributed by atoms with Crippen LogP contribution in [0.15, 0.2) is 16.6 Å². The van der Waals surface area contributed by atoms with E-state index in [2.05, 4.69) is 48.8 Å². The Morgan fingerprint density at radius 2 is 1.60 bits per heavy atom. The predicted octanol–water partition coefficient (Wildman–Crippen LogP) is 3.25. The minimum absolute atomic E-state index is 1.13. The number of hydrogen-bond acceptors (Lipinski definition) is 0. The highest BCUT2D eigenvalue weighted by Crippen LogP contribution is 2.18. The molecule has 0 amide bonds. The molecule has 0 aliphatic carbocycles. The van der Waals surface area contributed by atoms with Gasteiger partial charge < -0.3 is 0 Å². The number of rotatable bonds is 0. The molecule has 53 valence electrons. The second-order valence-corrected chi connectivity index (χ2v) is 3.43. The van der Waals surface area contributed by atoms with E-state index < -0.39 is 0 Å². The van der Waals surface area contributed by atoms with E-state index in [0.717, 1.165) is 10.0 Å². The van der Waals surface area contributed by atoms with E-state index in [1.807, 2.05) is 0 Å². The topological polar surface area (TPSA) is 0 Å². The van der Waals surface area contributed by atoms with Crippen LogP contribution in [0.1, 0.15) is 16.7 Å². The normalized spacial score (nSPS) is 10.0. The largest absolute Gasteiger partial charge is 0.0508 e. The summed E-state index contributed by atoms with van der Waals surface area (Å²) in [5, 5.41) is 0. The van der Waals surface area contributed by atoms with Gasteiger partial charge in [-0.15, -0.1) is 0 Å². The van der Waals surface area contributed by atoms with Crippen molar-refractivity contribution in [3.05, 3.63) is 40.2 Å². The van der Waals surface area contributed by atoms with Gasteiger partial charge in [0.15, 0.2) is 0 Å². The first-order valence-corrected chi connectivity index (χ1v) is 3.99. The van der Waals surface area contributed by atoms with Crippen LogP contribution in [0.25, 0.3) is 0 Å². The van der Waals surface area contributed by atoms with Crippen LogP contribution in [0.2, 0.25) is 0 Å². The Kier molecular flexibility index (Phi) is 2.14. The number of aryl methyl sites for hydroxylation is 2. The summed E-state index contributed by atoms with van der Waals surface area (Å²) in [5.74, 6) is 0. The Morgan fingerprint density at radius 3 is 2.00 bits per heavy atom. The summed E-state index contributed by atoms with van der Waals surface area (Å²) in [4.78, 5) is 0. The molecule has 0 unspecified atom stereocenters. The number of hydrogen-bond donors (Lipinski definition) is 0. The summed E-state index contributed by atoms with van der Waals surface area (Å²) in [6.07, 6.45) is 0. The van der Waals surface area contributed by atoms with Crippen molar-refractivity contribution < 1.29 is 0 Å². The quantitative estimate of drug-likeness (QED) is 0.600. The molecule has 0 bridgehead atoms. The Hall–Kier alpha value is -0.300. The lowest BCUT2D eigenvalue weighted by atomic mass is 10.1. The SMILES string of the molecule is [CH2]c1c(C)cc(Br)cc1C. The van der Waals surface area contributed by atoms with Gasteiger partial charge in [0.05, 0.1) is 0 Å². The highest BCUT2D eigenvalue weighted by Gasteiger charge is 1.97. The molecule has 0 aromatic heterocycles. The fourth-order valence-corrected chi connectivity index (χ4v) is 1.63. The molecular formula is C9H10Br. The maximum Gasteiger partial charge on any atom is 0.0180 e. The van der Waals surface area contributed by atoms with E-state index in [0.29, 0.717) is 0 Å². The molecule has 0 atom stereocenters. The monoisotopic (exact) mass is 197 g/mol. The van der Waals surface area contributed by atoms with Crippen molar-refractivity contribution >= 4 is 15.9 Å². The van der Waals surface area contributed by atoms with Crippen LogP contribution in [0.5, 0.6) is 0 Å². The van der Waals surface area contributed by atoms with E-state index in [-0.39, 0.29) is 0 Å². The summed E-state index contributed by atoms with van der Waals surface area (Å²) in [6.45, 7) is 8.08. The summed E-state index contributed by atoms with van der Waals surface area (Å²) in [7, 11) is 0. The molecule has 0 saturated carbocycles. The maximum atomic E-state index is 3.94. The first-order valence-electron chi connectivity index (χ1n) is 3.20. The zero-order valence-electron chi connectivity index (χ0n) is 6.24. The average Bonchev–Trinajstić information content (AvgIpc) is 1.82. The van der Waals surface area contributed by atoms with E-state index in [4.69, 9.17) is 0 Å². The molecule has 0 N–H and O–H groups in total. The van der Waals surface area contributed by atoms with Crippen LogP contribution in [0.3, 0.4) is 0 Å². The molecule has 1 aromatic carbocycles. The average molecular weight is 198 g/mol. The van der Waals surface area contributed by atoms with E-state index in [1.165, 1.54) is 11.1 Å². The minimum Gasteiger partial charge on any atom is -0.0508 e. The Balaban J connectivity index is 3.31. The predicted molar refractivity (Wildman–Crippen MR) is 48.1 cm³/mol. The van der Waals surface area contributed by atoms with Gasteiger partial charge in [-0.3, -0.25) is 0 Å². The molecule has 0 saturated heterocycles. The highest BCUT2D eigenvalue weighted by atomic mass is 79.9. The van der Waals surface area contributed by atoms with Crippen molar-refractivity contribution in [3.63, 3.8) is 0 Å². The molecule has 0 aliphatic heterocycles. The van der Waals surface area contributed by atoms with Crippen LogP contribution < -0.4 is 0 Å². The summed E-state index contributed by atoms with van der Waals surface area (Å²) < 4.78 is 1.13. The summed E-state index contributed by atoms with van der Waals surface area (Å²) >= 11 is 3.42. The Labute approximate surface area is 70.4 Å². The first kappa shape index (κ1) is 7.80. The van der Waals surface area contributed by atoms with Gasteiger partial charge >= 0.3 is 0 Å². The van der Waals surface area contributed by atoms with Gasteiger partial charge in [0.1, 0.15) is 0 Å². The number of benzene rings is 1. The van der Waals surface area contributed by atoms with Gasteiger partial charge in [0.25, 0.3) is 0 Å². The third-order valence-corrected chi connectivity index (χ3v) is 2.12. The molecule has 10 heavy (non-hydrogen) atoms. The number of halogens is 1. The molecule has 0 fully saturated rings. The van der Waals surface area contributed by atoms with Gasteiger partial charge in [-0.05, 0) is 49.6 Å². The van der Waals surface area contributed by atoms with Gasteiger partial charge in [-0.1, -0.05) is 15.9 Å².